The third-order valence-electron chi connectivity index (χ3n) is 2.62. The summed E-state index contributed by atoms with van der Waals surface area (Å²) in [4.78, 5) is 18.8. The van der Waals surface area contributed by atoms with E-state index in [1.165, 1.54) is 12.4 Å². The third-order valence-corrected chi connectivity index (χ3v) is 3.44. The Balaban J connectivity index is 2.38. The summed E-state index contributed by atoms with van der Waals surface area (Å²) >= 11 is 2.15. The lowest BCUT2D eigenvalue weighted by Crippen LogP contribution is -2.35. The summed E-state index contributed by atoms with van der Waals surface area (Å²) < 4.78 is 2.75. The monoisotopic (exact) mass is 373 g/mol. The highest BCUT2D eigenvalue weighted by atomic mass is 127. The average molecular weight is 373 g/mol. The fourth-order valence-corrected chi connectivity index (χ4v) is 2.64. The van der Waals surface area contributed by atoms with Gasteiger partial charge in [-0.15, -0.1) is 6.58 Å². The number of amides is 1. The van der Waals surface area contributed by atoms with Crippen LogP contribution in [0.1, 0.15) is 0 Å². The summed E-state index contributed by atoms with van der Waals surface area (Å²) in [6.45, 7) is 4.01. The zero-order valence-corrected chi connectivity index (χ0v) is 12.0. The molecule has 0 saturated carbocycles. The third kappa shape index (κ3) is 2.78. The van der Waals surface area contributed by atoms with Gasteiger partial charge in [0.05, 0.1) is 11.4 Å². The molecule has 0 saturated heterocycles. The van der Waals surface area contributed by atoms with Crippen molar-refractivity contribution in [2.75, 3.05) is 5.73 Å². The van der Waals surface area contributed by atoms with Crippen LogP contribution in [0.2, 0.25) is 0 Å². The number of carboxylic acid groups (broad SMARTS) is 1. The van der Waals surface area contributed by atoms with Crippen LogP contribution in [0.15, 0.2) is 25.2 Å². The maximum Gasteiger partial charge on any atom is 0.405 e. The van der Waals surface area contributed by atoms with E-state index in [9.17, 15) is 4.79 Å². The van der Waals surface area contributed by atoms with Gasteiger partial charge in [-0.1, -0.05) is 6.08 Å². The first kappa shape index (κ1) is 13.6. The Bertz CT molecular complexity index is 639. The number of nitrogens with one attached hydrogen (secondary N) is 1. The van der Waals surface area contributed by atoms with Crippen molar-refractivity contribution in [2.24, 2.45) is 0 Å². The number of halogens is 1. The summed E-state index contributed by atoms with van der Waals surface area (Å²) in [7, 11) is 0. The SMILES string of the molecule is C=CC(Cn1cc(I)c2c(N)ncnc21)NC(=O)O. The van der Waals surface area contributed by atoms with Crippen LogP contribution >= 0.6 is 22.6 Å². The summed E-state index contributed by atoms with van der Waals surface area (Å²) in [5.74, 6) is 0.412. The number of aromatic nitrogens is 3. The molecule has 4 N–H and O–H groups in total. The summed E-state index contributed by atoms with van der Waals surface area (Å²) in [5.41, 5.74) is 6.49. The van der Waals surface area contributed by atoms with E-state index in [1.54, 1.807) is 0 Å². The van der Waals surface area contributed by atoms with Crippen molar-refractivity contribution in [2.45, 2.75) is 12.6 Å². The van der Waals surface area contributed by atoms with Crippen molar-refractivity contribution in [3.8, 4) is 0 Å². The Morgan fingerprint density at radius 1 is 1.68 bits per heavy atom. The molecule has 19 heavy (non-hydrogen) atoms. The van der Waals surface area contributed by atoms with Crippen molar-refractivity contribution in [1.29, 1.82) is 0 Å². The van der Waals surface area contributed by atoms with E-state index < -0.39 is 12.1 Å². The lowest BCUT2D eigenvalue weighted by molar-refractivity contribution is 0.191. The molecule has 0 radical (unpaired) electrons. The molecule has 2 aromatic rings. The smallest absolute Gasteiger partial charge is 0.405 e. The van der Waals surface area contributed by atoms with Crippen LogP contribution in [-0.4, -0.2) is 31.8 Å². The lowest BCUT2D eigenvalue weighted by Gasteiger charge is -2.13. The second kappa shape index (κ2) is 5.43. The van der Waals surface area contributed by atoms with E-state index in [0.717, 1.165) is 8.96 Å². The number of anilines is 1. The molecule has 2 heterocycles. The molecule has 0 aliphatic heterocycles. The quantitative estimate of drug-likeness (QED) is 0.556. The second-order valence-corrected chi connectivity index (χ2v) is 5.04. The van der Waals surface area contributed by atoms with E-state index >= 15 is 0 Å². The molecule has 0 spiro atoms. The number of nitrogen functional groups attached to an aromatic ring is 1. The van der Waals surface area contributed by atoms with Gasteiger partial charge < -0.3 is 20.7 Å². The Kier molecular flexibility index (Phi) is 3.88. The molecule has 8 heteroatoms. The predicted molar refractivity (Wildman–Crippen MR) is 79.8 cm³/mol. The van der Waals surface area contributed by atoms with Gasteiger partial charge in [0.2, 0.25) is 0 Å². The molecule has 2 rings (SSSR count). The maximum atomic E-state index is 10.7. The zero-order valence-electron chi connectivity index (χ0n) is 9.88. The molecule has 0 aliphatic rings. The first-order valence-electron chi connectivity index (χ1n) is 5.39. The maximum absolute atomic E-state index is 10.7. The number of hydrogen-bond donors (Lipinski definition) is 3. The molecule has 1 amide bonds. The van der Waals surface area contributed by atoms with Crippen LogP contribution in [0.25, 0.3) is 11.0 Å². The van der Waals surface area contributed by atoms with Gasteiger partial charge in [0.25, 0.3) is 0 Å². The molecule has 1 unspecified atom stereocenters. The molecular formula is C11H12IN5O2. The van der Waals surface area contributed by atoms with Crippen molar-refractivity contribution in [3.63, 3.8) is 0 Å². The minimum atomic E-state index is -1.09. The fraction of sp³-hybridized carbons (Fsp3) is 0.182. The van der Waals surface area contributed by atoms with Gasteiger partial charge in [-0.25, -0.2) is 14.8 Å². The second-order valence-electron chi connectivity index (χ2n) is 3.88. The molecule has 1 atom stereocenters. The van der Waals surface area contributed by atoms with Crippen LogP contribution in [-0.2, 0) is 6.54 Å². The number of hydrogen-bond acceptors (Lipinski definition) is 4. The Labute approximate surface area is 122 Å². The Morgan fingerprint density at radius 3 is 3.05 bits per heavy atom. The molecule has 7 nitrogen and oxygen atoms in total. The van der Waals surface area contributed by atoms with Crippen LogP contribution in [0, 0.1) is 3.57 Å². The number of nitrogens with zero attached hydrogens (tertiary/aromatic N) is 3. The number of rotatable bonds is 4. The van der Waals surface area contributed by atoms with Gasteiger partial charge >= 0.3 is 6.09 Å². The van der Waals surface area contributed by atoms with Crippen molar-refractivity contribution in [3.05, 3.63) is 28.7 Å². The normalized spacial score (nSPS) is 12.3. The molecule has 0 fully saturated rings. The highest BCUT2D eigenvalue weighted by molar-refractivity contribution is 14.1. The van der Waals surface area contributed by atoms with Crippen LogP contribution in [0.4, 0.5) is 10.6 Å². The van der Waals surface area contributed by atoms with E-state index in [1.807, 2.05) is 10.8 Å². The lowest BCUT2D eigenvalue weighted by atomic mass is 10.3. The first-order valence-corrected chi connectivity index (χ1v) is 6.47. The molecule has 0 aliphatic carbocycles. The molecule has 0 bridgehead atoms. The minimum absolute atomic E-state index is 0.395. The average Bonchev–Trinajstić information content (AvgIpc) is 2.66. The van der Waals surface area contributed by atoms with Gasteiger partial charge in [-0.3, -0.25) is 0 Å². The summed E-state index contributed by atoms with van der Waals surface area (Å²) in [6, 6.07) is -0.403. The van der Waals surface area contributed by atoms with Gasteiger partial charge in [0.1, 0.15) is 17.8 Å². The van der Waals surface area contributed by atoms with E-state index in [0.29, 0.717) is 18.0 Å². The number of fused-ring (bicyclic) bond motifs is 1. The van der Waals surface area contributed by atoms with Gasteiger partial charge in [-0.2, -0.15) is 0 Å². The van der Waals surface area contributed by atoms with Crippen molar-refractivity contribution in [1.82, 2.24) is 19.9 Å². The molecule has 100 valence electrons. The van der Waals surface area contributed by atoms with Crippen LogP contribution in [0.3, 0.4) is 0 Å². The van der Waals surface area contributed by atoms with Crippen molar-refractivity contribution < 1.29 is 9.90 Å². The topological polar surface area (TPSA) is 106 Å². The Morgan fingerprint density at radius 2 is 2.42 bits per heavy atom. The van der Waals surface area contributed by atoms with Crippen LogP contribution in [0.5, 0.6) is 0 Å². The number of carbonyl (C=O) groups is 1. The standard InChI is InChI=1S/C11H12IN5O2/c1-2-6(16-11(18)19)3-17-4-7(12)8-9(13)14-5-15-10(8)17/h2,4-6,16H,1,3H2,(H,18,19)(H2,13,14,15). The highest BCUT2D eigenvalue weighted by Gasteiger charge is 2.14. The van der Waals surface area contributed by atoms with E-state index in [2.05, 4.69) is 44.5 Å². The fourth-order valence-electron chi connectivity index (χ4n) is 1.79. The summed E-state index contributed by atoms with van der Waals surface area (Å²) in [6.07, 6.45) is 3.69. The van der Waals surface area contributed by atoms with Gasteiger partial charge in [-0.05, 0) is 22.6 Å². The molecule has 2 aromatic heterocycles. The highest BCUT2D eigenvalue weighted by Crippen LogP contribution is 2.25. The number of nitrogens with two attached hydrogens (primary N) is 1. The molecular weight excluding hydrogens is 361 g/mol. The van der Waals surface area contributed by atoms with Gasteiger partial charge in [0.15, 0.2) is 0 Å². The van der Waals surface area contributed by atoms with Crippen LogP contribution < -0.4 is 11.1 Å². The van der Waals surface area contributed by atoms with Gasteiger partial charge in [0, 0.05) is 16.3 Å². The predicted octanol–water partition coefficient (Wildman–Crippen LogP) is 1.44. The van der Waals surface area contributed by atoms with E-state index in [4.69, 9.17) is 10.8 Å². The van der Waals surface area contributed by atoms with E-state index in [-0.39, 0.29) is 0 Å². The zero-order chi connectivity index (χ0) is 14.0. The van der Waals surface area contributed by atoms with Crippen molar-refractivity contribution >= 4 is 45.5 Å². The molecule has 0 aromatic carbocycles. The Hall–Kier alpha value is -1.84. The first-order chi connectivity index (χ1) is 9.02. The summed E-state index contributed by atoms with van der Waals surface area (Å²) in [5, 5.41) is 11.9. The largest absolute Gasteiger partial charge is 0.465 e. The minimum Gasteiger partial charge on any atom is -0.465 e.